The quantitative estimate of drug-likeness (QED) is 0.224. The van der Waals surface area contributed by atoms with E-state index in [2.05, 4.69) is 11.2 Å². The van der Waals surface area contributed by atoms with Crippen LogP contribution in [0.3, 0.4) is 0 Å². The molecule has 0 unspecified atom stereocenters. The first-order chi connectivity index (χ1) is 22.2. The van der Waals surface area contributed by atoms with Gasteiger partial charge in [-0.15, -0.1) is 0 Å². The molecule has 0 radical (unpaired) electrons. The molecule has 2 amide bonds. The molecule has 0 aliphatic carbocycles. The van der Waals surface area contributed by atoms with Gasteiger partial charge in [0.05, 0.1) is 29.7 Å². The molecule has 9 nitrogen and oxygen atoms in total. The SMILES string of the molecule is Cc1c2cc(n1C)-c1cc(Cl)ccc1C(=O)N1CCc3c(cccc3OCCCc3c(cnn3C)N(c3ccc(O)cc3)C2=O)C1. The van der Waals surface area contributed by atoms with E-state index in [0.717, 1.165) is 28.3 Å². The maximum absolute atomic E-state index is 14.7. The lowest BCUT2D eigenvalue weighted by atomic mass is 9.96. The number of benzene rings is 3. The molecular formula is C36H34ClN5O4. The van der Waals surface area contributed by atoms with Gasteiger partial charge in [-0.2, -0.15) is 5.10 Å². The monoisotopic (exact) mass is 635 g/mol. The van der Waals surface area contributed by atoms with Crippen LogP contribution in [0.2, 0.25) is 5.02 Å². The van der Waals surface area contributed by atoms with Crippen LogP contribution in [-0.2, 0) is 33.5 Å². The third-order valence-electron chi connectivity index (χ3n) is 9.17. The van der Waals surface area contributed by atoms with E-state index < -0.39 is 0 Å². The number of aromatic nitrogens is 3. The number of carbonyl (C=O) groups is 2. The molecule has 234 valence electrons. The number of nitrogens with zero attached hydrogens (tertiary/aromatic N) is 5. The molecule has 0 fully saturated rings. The summed E-state index contributed by atoms with van der Waals surface area (Å²) >= 11 is 6.53. The average Bonchev–Trinajstić information content (AvgIpc) is 3.56. The number of aromatic hydroxyl groups is 1. The molecule has 46 heavy (non-hydrogen) atoms. The number of phenols is 1. The van der Waals surface area contributed by atoms with Gasteiger partial charge in [-0.25, -0.2) is 0 Å². The van der Waals surface area contributed by atoms with Crippen molar-refractivity contribution < 1.29 is 19.4 Å². The Hall–Kier alpha value is -5.02. The van der Waals surface area contributed by atoms with Crippen molar-refractivity contribution >= 4 is 34.8 Å². The topological polar surface area (TPSA) is 92.8 Å². The van der Waals surface area contributed by atoms with E-state index in [4.69, 9.17) is 16.3 Å². The number of carbonyl (C=O) groups excluding carboxylic acids is 2. The molecule has 3 aliphatic rings. The molecule has 0 spiro atoms. The summed E-state index contributed by atoms with van der Waals surface area (Å²) in [5.74, 6) is 0.582. The second-order valence-corrected chi connectivity index (χ2v) is 12.3. The summed E-state index contributed by atoms with van der Waals surface area (Å²) in [4.78, 5) is 32.3. The van der Waals surface area contributed by atoms with Crippen molar-refractivity contribution in [3.05, 3.63) is 112 Å². The van der Waals surface area contributed by atoms with Gasteiger partial charge in [0.15, 0.2) is 0 Å². The molecule has 3 aliphatic heterocycles. The highest BCUT2D eigenvalue weighted by atomic mass is 35.5. The number of anilines is 2. The molecule has 0 saturated carbocycles. The van der Waals surface area contributed by atoms with Crippen LogP contribution in [0.25, 0.3) is 11.3 Å². The van der Waals surface area contributed by atoms with Crippen LogP contribution in [0.1, 0.15) is 49.7 Å². The van der Waals surface area contributed by atoms with Crippen molar-refractivity contribution in [2.75, 3.05) is 18.1 Å². The van der Waals surface area contributed by atoms with Crippen molar-refractivity contribution in [3.63, 3.8) is 0 Å². The zero-order valence-corrected chi connectivity index (χ0v) is 26.7. The second kappa shape index (κ2) is 11.7. The van der Waals surface area contributed by atoms with E-state index in [-0.39, 0.29) is 17.6 Å². The first-order valence-electron chi connectivity index (χ1n) is 15.3. The van der Waals surface area contributed by atoms with Gasteiger partial charge < -0.3 is 19.3 Å². The molecule has 5 heterocycles. The van der Waals surface area contributed by atoms with Crippen molar-refractivity contribution in [2.24, 2.45) is 14.1 Å². The maximum atomic E-state index is 14.7. The molecule has 0 saturated heterocycles. The smallest absolute Gasteiger partial charge is 0.264 e. The van der Waals surface area contributed by atoms with Crippen LogP contribution in [0.5, 0.6) is 11.5 Å². The number of amides is 2. The Morgan fingerprint density at radius 1 is 0.913 bits per heavy atom. The van der Waals surface area contributed by atoms with Crippen LogP contribution in [0, 0.1) is 6.92 Å². The lowest BCUT2D eigenvalue weighted by molar-refractivity contribution is 0.0734. The summed E-state index contributed by atoms with van der Waals surface area (Å²) < 4.78 is 10.0. The highest BCUT2D eigenvalue weighted by Gasteiger charge is 2.31. The van der Waals surface area contributed by atoms with Crippen molar-refractivity contribution in [1.82, 2.24) is 19.2 Å². The fraction of sp³-hybridized carbons (Fsp3) is 0.250. The summed E-state index contributed by atoms with van der Waals surface area (Å²) in [6.07, 6.45) is 3.71. The Bertz CT molecular complexity index is 1990. The van der Waals surface area contributed by atoms with E-state index in [0.29, 0.717) is 77.7 Å². The van der Waals surface area contributed by atoms with Gasteiger partial charge in [-0.3, -0.25) is 19.2 Å². The number of halogens is 1. The summed E-state index contributed by atoms with van der Waals surface area (Å²) in [7, 11) is 3.76. The average molecular weight is 636 g/mol. The number of hydrogen-bond acceptors (Lipinski definition) is 5. The molecule has 2 aromatic heterocycles. The van der Waals surface area contributed by atoms with Crippen molar-refractivity contribution in [2.45, 2.75) is 32.7 Å². The molecule has 0 atom stereocenters. The summed E-state index contributed by atoms with van der Waals surface area (Å²) in [5, 5.41) is 15.1. The first kappa shape index (κ1) is 29.7. The third-order valence-corrected chi connectivity index (χ3v) is 9.41. The third kappa shape index (κ3) is 5.10. The minimum absolute atomic E-state index is 0.0981. The molecule has 6 bridgehead atoms. The Morgan fingerprint density at radius 3 is 2.52 bits per heavy atom. The van der Waals surface area contributed by atoms with E-state index >= 15 is 0 Å². The summed E-state index contributed by atoms with van der Waals surface area (Å²) in [5.41, 5.74) is 7.40. The molecular weight excluding hydrogens is 602 g/mol. The van der Waals surface area contributed by atoms with E-state index in [9.17, 15) is 14.7 Å². The number of rotatable bonds is 1. The molecule has 1 N–H and O–H groups in total. The zero-order valence-electron chi connectivity index (χ0n) is 26.0. The van der Waals surface area contributed by atoms with Gasteiger partial charge in [-0.05, 0) is 86.3 Å². The summed E-state index contributed by atoms with van der Waals surface area (Å²) in [6.45, 7) is 3.41. The predicted octanol–water partition coefficient (Wildman–Crippen LogP) is 6.60. The van der Waals surface area contributed by atoms with E-state index in [1.165, 1.54) is 0 Å². The minimum Gasteiger partial charge on any atom is -0.508 e. The fourth-order valence-electron chi connectivity index (χ4n) is 6.58. The number of hydrogen-bond donors (Lipinski definition) is 1. The standard InChI is InChI=1S/C36H34ClN5O4/c1-22-29-19-32(39(22)2)30-18-24(37)9-14-28(30)35(44)41-16-15-27-23(21-41)6-4-8-34(27)46-17-5-7-31-33(20-38-40(31)3)42(36(29)45)25-10-12-26(43)13-11-25/h4,6,8-14,18-20,43H,5,7,15-17,21H2,1-3H3. The maximum Gasteiger partial charge on any atom is 0.264 e. The highest BCUT2D eigenvalue weighted by Crippen LogP contribution is 2.37. The largest absolute Gasteiger partial charge is 0.508 e. The Kier molecular flexibility index (Phi) is 7.56. The first-order valence-corrected chi connectivity index (χ1v) is 15.7. The van der Waals surface area contributed by atoms with Gasteiger partial charge in [0.1, 0.15) is 11.5 Å². The van der Waals surface area contributed by atoms with E-state index in [1.54, 1.807) is 58.2 Å². The van der Waals surface area contributed by atoms with Gasteiger partial charge in [0.2, 0.25) is 0 Å². The Morgan fingerprint density at radius 2 is 1.72 bits per heavy atom. The Balaban J connectivity index is 1.42. The molecule has 8 rings (SSSR count). The normalized spacial score (nSPS) is 15.1. The lowest BCUT2D eigenvalue weighted by Crippen LogP contribution is -2.36. The molecule has 3 aromatic carbocycles. The van der Waals surface area contributed by atoms with Crippen LogP contribution < -0.4 is 9.64 Å². The van der Waals surface area contributed by atoms with Crippen molar-refractivity contribution in [1.29, 1.82) is 0 Å². The number of ether oxygens (including phenoxy) is 1. The number of phenolic OH excluding ortho intramolecular Hbond substituents is 1. The Labute approximate surface area is 272 Å². The number of aryl methyl sites for hydroxylation is 1. The molecule has 5 aromatic rings. The molecule has 10 heteroatoms. The predicted molar refractivity (Wildman–Crippen MR) is 177 cm³/mol. The van der Waals surface area contributed by atoms with E-state index in [1.807, 2.05) is 48.7 Å². The van der Waals surface area contributed by atoms with Crippen LogP contribution in [0.15, 0.2) is 72.9 Å². The number of fused-ring (bicyclic) bond motifs is 5. The van der Waals surface area contributed by atoms with Crippen molar-refractivity contribution in [3.8, 4) is 22.8 Å². The summed E-state index contributed by atoms with van der Waals surface area (Å²) in [6, 6.07) is 19.7. The highest BCUT2D eigenvalue weighted by molar-refractivity contribution is 6.31. The van der Waals surface area contributed by atoms with Crippen LogP contribution >= 0.6 is 11.6 Å². The van der Waals surface area contributed by atoms with Crippen LogP contribution in [-0.4, -0.2) is 49.3 Å². The minimum atomic E-state index is -0.261. The fourth-order valence-corrected chi connectivity index (χ4v) is 6.75. The van der Waals surface area contributed by atoms with Crippen LogP contribution in [0.4, 0.5) is 11.4 Å². The van der Waals surface area contributed by atoms with Gasteiger partial charge in [0, 0.05) is 66.0 Å². The lowest BCUT2D eigenvalue weighted by Gasteiger charge is -2.30. The van der Waals surface area contributed by atoms with Gasteiger partial charge in [-0.1, -0.05) is 23.7 Å². The zero-order chi connectivity index (χ0) is 32.1. The van der Waals surface area contributed by atoms with Gasteiger partial charge >= 0.3 is 0 Å². The van der Waals surface area contributed by atoms with Gasteiger partial charge in [0.25, 0.3) is 11.8 Å². The second-order valence-electron chi connectivity index (χ2n) is 11.9.